The second kappa shape index (κ2) is 10.4. The fourth-order valence-electron chi connectivity index (χ4n) is 3.17. The number of amides is 2. The minimum Gasteiger partial charge on any atom is -0.484 e. The van der Waals surface area contributed by atoms with E-state index >= 15 is 0 Å². The molecule has 1 aliphatic heterocycles. The van der Waals surface area contributed by atoms with E-state index < -0.39 is 0 Å². The molecule has 7 nitrogen and oxygen atoms in total. The Morgan fingerprint density at radius 2 is 1.66 bits per heavy atom. The van der Waals surface area contributed by atoms with E-state index in [1.807, 2.05) is 61.5 Å². The second-order valence-corrected chi connectivity index (χ2v) is 6.83. The van der Waals surface area contributed by atoms with Crippen molar-refractivity contribution in [3.05, 3.63) is 54.6 Å². The predicted molar refractivity (Wildman–Crippen MR) is 112 cm³/mol. The van der Waals surface area contributed by atoms with Crippen molar-refractivity contribution >= 4 is 23.4 Å². The first-order valence-corrected chi connectivity index (χ1v) is 9.90. The molecule has 1 heterocycles. The van der Waals surface area contributed by atoms with Crippen LogP contribution in [0.15, 0.2) is 54.6 Å². The average Bonchev–Trinajstić information content (AvgIpc) is 2.75. The Labute approximate surface area is 171 Å². The van der Waals surface area contributed by atoms with Gasteiger partial charge in [-0.1, -0.05) is 18.2 Å². The van der Waals surface area contributed by atoms with Crippen molar-refractivity contribution in [2.45, 2.75) is 25.8 Å². The zero-order valence-electron chi connectivity index (χ0n) is 16.6. The van der Waals surface area contributed by atoms with E-state index in [1.165, 1.54) is 0 Å². The lowest BCUT2D eigenvalue weighted by atomic mass is 10.0. The highest BCUT2D eigenvalue weighted by Gasteiger charge is 2.23. The zero-order chi connectivity index (χ0) is 20.5. The predicted octanol–water partition coefficient (Wildman–Crippen LogP) is 3.74. The fraction of sp³-hybridized carbons (Fsp3) is 0.364. The lowest BCUT2D eigenvalue weighted by molar-refractivity contribution is -0.118. The minimum absolute atomic E-state index is 0.0386. The van der Waals surface area contributed by atoms with Gasteiger partial charge >= 0.3 is 6.09 Å². The van der Waals surface area contributed by atoms with Gasteiger partial charge in [-0.2, -0.15) is 0 Å². The molecule has 0 atom stereocenters. The summed E-state index contributed by atoms with van der Waals surface area (Å²) in [5, 5.41) is 6.31. The number of benzene rings is 2. The average molecular weight is 397 g/mol. The molecule has 2 amide bonds. The van der Waals surface area contributed by atoms with Gasteiger partial charge in [0.15, 0.2) is 6.61 Å². The molecule has 2 N–H and O–H groups in total. The van der Waals surface area contributed by atoms with Crippen LogP contribution < -0.4 is 15.4 Å². The molecule has 3 rings (SSSR count). The van der Waals surface area contributed by atoms with Crippen molar-refractivity contribution < 1.29 is 19.1 Å². The van der Waals surface area contributed by atoms with E-state index in [1.54, 1.807) is 4.90 Å². The van der Waals surface area contributed by atoms with E-state index in [9.17, 15) is 9.59 Å². The summed E-state index contributed by atoms with van der Waals surface area (Å²) >= 11 is 0. The smallest absolute Gasteiger partial charge is 0.409 e. The number of nitrogens with one attached hydrogen (secondary N) is 2. The third-order valence-electron chi connectivity index (χ3n) is 4.67. The number of rotatable bonds is 7. The second-order valence-electron chi connectivity index (χ2n) is 6.83. The first-order valence-electron chi connectivity index (χ1n) is 9.90. The highest BCUT2D eigenvalue weighted by Crippen LogP contribution is 2.19. The number of para-hydroxylation sites is 1. The zero-order valence-corrected chi connectivity index (χ0v) is 16.6. The van der Waals surface area contributed by atoms with Crippen LogP contribution >= 0.6 is 0 Å². The molecule has 2 aromatic carbocycles. The molecule has 1 saturated heterocycles. The van der Waals surface area contributed by atoms with Gasteiger partial charge in [0.05, 0.1) is 6.61 Å². The van der Waals surface area contributed by atoms with Crippen LogP contribution in [0.5, 0.6) is 5.75 Å². The number of anilines is 2. The summed E-state index contributed by atoms with van der Waals surface area (Å²) in [7, 11) is 0. The van der Waals surface area contributed by atoms with Crippen LogP contribution in [0, 0.1) is 0 Å². The molecular formula is C22H27N3O4. The fourth-order valence-corrected chi connectivity index (χ4v) is 3.17. The van der Waals surface area contributed by atoms with Crippen molar-refractivity contribution in [2.75, 3.05) is 36.9 Å². The molecule has 1 fully saturated rings. The maximum atomic E-state index is 12.0. The van der Waals surface area contributed by atoms with Gasteiger partial charge in [0, 0.05) is 30.5 Å². The number of likely N-dealkylation sites (tertiary alicyclic amines) is 1. The topological polar surface area (TPSA) is 79.9 Å². The molecule has 2 aromatic rings. The highest BCUT2D eigenvalue weighted by atomic mass is 16.6. The normalized spacial score (nSPS) is 14.2. The van der Waals surface area contributed by atoms with Crippen molar-refractivity contribution in [1.29, 1.82) is 0 Å². The number of hydrogen-bond donors (Lipinski definition) is 2. The summed E-state index contributed by atoms with van der Waals surface area (Å²) in [5.74, 6) is 0.456. The summed E-state index contributed by atoms with van der Waals surface area (Å²) < 4.78 is 10.5. The van der Waals surface area contributed by atoms with Gasteiger partial charge in [-0.3, -0.25) is 4.79 Å². The Bertz CT molecular complexity index is 787. The maximum absolute atomic E-state index is 12.0. The number of carbonyl (C=O) groups is 2. The Morgan fingerprint density at radius 1 is 1.00 bits per heavy atom. The first kappa shape index (κ1) is 20.5. The molecule has 0 radical (unpaired) electrons. The molecule has 29 heavy (non-hydrogen) atoms. The summed E-state index contributed by atoms with van der Waals surface area (Å²) in [5.41, 5.74) is 1.70. The van der Waals surface area contributed by atoms with Crippen LogP contribution in [0.2, 0.25) is 0 Å². The van der Waals surface area contributed by atoms with Crippen LogP contribution in [0.25, 0.3) is 0 Å². The maximum Gasteiger partial charge on any atom is 0.409 e. The number of piperidine rings is 1. The van der Waals surface area contributed by atoms with E-state index in [0.717, 1.165) is 18.5 Å². The van der Waals surface area contributed by atoms with Gasteiger partial charge in [0.2, 0.25) is 0 Å². The van der Waals surface area contributed by atoms with Gasteiger partial charge in [-0.15, -0.1) is 0 Å². The Balaban J connectivity index is 1.41. The lowest BCUT2D eigenvalue weighted by Gasteiger charge is -2.32. The summed E-state index contributed by atoms with van der Waals surface area (Å²) in [6, 6.07) is 17.1. The Morgan fingerprint density at radius 3 is 2.31 bits per heavy atom. The monoisotopic (exact) mass is 397 g/mol. The van der Waals surface area contributed by atoms with Crippen molar-refractivity contribution in [3.63, 3.8) is 0 Å². The van der Waals surface area contributed by atoms with Crippen LogP contribution in [-0.4, -0.2) is 49.2 Å². The van der Waals surface area contributed by atoms with Crippen LogP contribution in [0.4, 0.5) is 16.2 Å². The van der Waals surface area contributed by atoms with Crippen LogP contribution in [-0.2, 0) is 9.53 Å². The lowest BCUT2D eigenvalue weighted by Crippen LogP contribution is -2.42. The summed E-state index contributed by atoms with van der Waals surface area (Å²) in [6.45, 7) is 3.55. The number of ether oxygens (including phenoxy) is 2. The molecule has 154 valence electrons. The molecule has 0 aromatic heterocycles. The Kier molecular flexibility index (Phi) is 7.33. The SMILES string of the molecule is CCOC(=O)N1CCC(Nc2ccc(NC(=O)COc3ccccc3)cc2)CC1. The van der Waals surface area contributed by atoms with Crippen molar-refractivity contribution in [3.8, 4) is 5.75 Å². The first-order chi connectivity index (χ1) is 14.1. The number of carbonyl (C=O) groups excluding carboxylic acids is 2. The number of nitrogens with zero attached hydrogens (tertiary/aromatic N) is 1. The van der Waals surface area contributed by atoms with Gasteiger partial charge in [0.25, 0.3) is 5.91 Å². The molecule has 1 aliphatic rings. The quantitative estimate of drug-likeness (QED) is 0.744. The van der Waals surface area contributed by atoms with Gasteiger partial charge < -0.3 is 25.0 Å². The van der Waals surface area contributed by atoms with Crippen molar-refractivity contribution in [2.24, 2.45) is 0 Å². The molecule has 0 unspecified atom stereocenters. The van der Waals surface area contributed by atoms with Crippen LogP contribution in [0.1, 0.15) is 19.8 Å². The van der Waals surface area contributed by atoms with E-state index in [4.69, 9.17) is 9.47 Å². The van der Waals surface area contributed by atoms with E-state index in [-0.39, 0.29) is 18.6 Å². The minimum atomic E-state index is -0.234. The summed E-state index contributed by atoms with van der Waals surface area (Å²) in [6.07, 6.45) is 1.50. The van der Waals surface area contributed by atoms with Gasteiger partial charge in [-0.25, -0.2) is 4.79 Å². The molecular weight excluding hydrogens is 370 g/mol. The van der Waals surface area contributed by atoms with Crippen molar-refractivity contribution in [1.82, 2.24) is 4.90 Å². The van der Waals surface area contributed by atoms with Gasteiger partial charge in [-0.05, 0) is 56.2 Å². The standard InChI is InChI=1S/C22H27N3O4/c1-2-28-22(27)25-14-12-19(13-15-25)23-17-8-10-18(11-9-17)24-21(26)16-29-20-6-4-3-5-7-20/h3-11,19,23H,2,12-16H2,1H3,(H,24,26). The van der Waals surface area contributed by atoms with E-state index in [0.29, 0.717) is 37.2 Å². The van der Waals surface area contributed by atoms with Crippen LogP contribution in [0.3, 0.4) is 0 Å². The molecule has 7 heteroatoms. The number of hydrogen-bond acceptors (Lipinski definition) is 5. The van der Waals surface area contributed by atoms with E-state index in [2.05, 4.69) is 10.6 Å². The molecule has 0 saturated carbocycles. The Hall–Kier alpha value is -3.22. The molecule has 0 aliphatic carbocycles. The third-order valence-corrected chi connectivity index (χ3v) is 4.67. The molecule has 0 bridgehead atoms. The summed E-state index contributed by atoms with van der Waals surface area (Å²) in [4.78, 5) is 25.5. The third kappa shape index (κ3) is 6.41. The van der Waals surface area contributed by atoms with Gasteiger partial charge in [0.1, 0.15) is 5.75 Å². The largest absolute Gasteiger partial charge is 0.484 e. The molecule has 0 spiro atoms. The highest BCUT2D eigenvalue weighted by molar-refractivity contribution is 5.92.